The van der Waals surface area contributed by atoms with Crippen LogP contribution in [0.1, 0.15) is 18.5 Å². The minimum atomic E-state index is 0.250. The van der Waals surface area contributed by atoms with E-state index in [9.17, 15) is 0 Å². The predicted molar refractivity (Wildman–Crippen MR) is 75.7 cm³/mol. The van der Waals surface area contributed by atoms with E-state index in [0.717, 1.165) is 11.3 Å². The lowest BCUT2D eigenvalue weighted by molar-refractivity contribution is 0.636. The van der Waals surface area contributed by atoms with E-state index < -0.39 is 0 Å². The molecule has 0 saturated carbocycles. The van der Waals surface area contributed by atoms with Crippen molar-refractivity contribution in [2.45, 2.75) is 13.0 Å². The van der Waals surface area contributed by atoms with Gasteiger partial charge in [-0.3, -0.25) is 4.98 Å². The molecule has 0 spiro atoms. The maximum atomic E-state index is 4.55. The van der Waals surface area contributed by atoms with Gasteiger partial charge in [0.05, 0.1) is 18.1 Å². The Morgan fingerprint density at radius 3 is 2.53 bits per heavy atom. The summed E-state index contributed by atoms with van der Waals surface area (Å²) in [6.07, 6.45) is 7.53. The Bertz CT molecular complexity index is 628. The number of benzene rings is 1. The molecule has 0 aliphatic rings. The van der Waals surface area contributed by atoms with Crippen LogP contribution in [0.2, 0.25) is 0 Å². The third kappa shape index (κ3) is 2.40. The van der Waals surface area contributed by atoms with Crippen LogP contribution in [-0.4, -0.2) is 14.5 Å². The smallest absolute Gasteiger partial charge is 0.0951 e. The van der Waals surface area contributed by atoms with Crippen molar-refractivity contribution in [2.24, 2.45) is 0 Å². The van der Waals surface area contributed by atoms with Gasteiger partial charge in [0.1, 0.15) is 0 Å². The molecule has 1 unspecified atom stereocenters. The first-order valence-electron chi connectivity index (χ1n) is 6.33. The molecular formula is C16H15N3. The lowest BCUT2D eigenvalue weighted by atomic mass is 10.1. The molecule has 2 heterocycles. The maximum Gasteiger partial charge on any atom is 0.0951 e. The Hall–Kier alpha value is -2.42. The van der Waals surface area contributed by atoms with Gasteiger partial charge in [-0.2, -0.15) is 0 Å². The summed E-state index contributed by atoms with van der Waals surface area (Å²) < 4.78 is 2.07. The van der Waals surface area contributed by atoms with Crippen LogP contribution in [-0.2, 0) is 0 Å². The fraction of sp³-hybridized carbons (Fsp3) is 0.125. The van der Waals surface area contributed by atoms with Crippen LogP contribution >= 0.6 is 0 Å². The second-order valence-corrected chi connectivity index (χ2v) is 4.53. The van der Waals surface area contributed by atoms with Crippen molar-refractivity contribution in [3.05, 3.63) is 72.9 Å². The van der Waals surface area contributed by atoms with Crippen molar-refractivity contribution < 1.29 is 0 Å². The van der Waals surface area contributed by atoms with Crippen molar-refractivity contribution in [3.63, 3.8) is 0 Å². The van der Waals surface area contributed by atoms with Crippen LogP contribution in [0, 0.1) is 0 Å². The molecule has 3 heteroatoms. The highest BCUT2D eigenvalue weighted by Crippen LogP contribution is 2.20. The maximum absolute atomic E-state index is 4.55. The van der Waals surface area contributed by atoms with Gasteiger partial charge in [0.2, 0.25) is 0 Å². The minimum absolute atomic E-state index is 0.250. The Labute approximate surface area is 112 Å². The first-order chi connectivity index (χ1) is 9.34. The standard InChI is InChI=1S/C16H15N3/c1-13(19-10-9-17-12-19)15-7-8-16(18-11-15)14-5-3-2-4-6-14/h2-13H,1H3. The van der Waals surface area contributed by atoms with E-state index in [1.165, 1.54) is 5.56 Å². The van der Waals surface area contributed by atoms with Gasteiger partial charge >= 0.3 is 0 Å². The molecule has 0 N–H and O–H groups in total. The summed E-state index contributed by atoms with van der Waals surface area (Å²) >= 11 is 0. The van der Waals surface area contributed by atoms with Crippen LogP contribution in [0.4, 0.5) is 0 Å². The first kappa shape index (κ1) is 11.7. The molecule has 0 bridgehead atoms. The molecule has 0 aliphatic heterocycles. The molecule has 3 aromatic rings. The largest absolute Gasteiger partial charge is 0.330 e. The lowest BCUT2D eigenvalue weighted by Crippen LogP contribution is -2.04. The van der Waals surface area contributed by atoms with Gasteiger partial charge in [-0.25, -0.2) is 4.98 Å². The molecule has 19 heavy (non-hydrogen) atoms. The number of nitrogens with zero attached hydrogens (tertiary/aromatic N) is 3. The highest BCUT2D eigenvalue weighted by atomic mass is 15.0. The highest BCUT2D eigenvalue weighted by Gasteiger charge is 2.07. The summed E-state index contributed by atoms with van der Waals surface area (Å²) in [7, 11) is 0. The molecule has 1 atom stereocenters. The number of hydrogen-bond donors (Lipinski definition) is 0. The molecular weight excluding hydrogens is 234 g/mol. The molecule has 94 valence electrons. The molecule has 0 fully saturated rings. The molecule has 0 aliphatic carbocycles. The molecule has 0 amide bonds. The summed E-state index contributed by atoms with van der Waals surface area (Å²) in [5, 5.41) is 0. The SMILES string of the molecule is CC(c1ccc(-c2ccccc2)nc1)n1ccnc1. The van der Waals surface area contributed by atoms with Crippen molar-refractivity contribution >= 4 is 0 Å². The van der Waals surface area contributed by atoms with E-state index in [0.29, 0.717) is 0 Å². The third-order valence-electron chi connectivity index (χ3n) is 3.31. The molecule has 0 radical (unpaired) electrons. The van der Waals surface area contributed by atoms with Gasteiger partial charge in [-0.05, 0) is 18.6 Å². The Morgan fingerprint density at radius 2 is 1.89 bits per heavy atom. The van der Waals surface area contributed by atoms with E-state index in [1.54, 1.807) is 6.20 Å². The summed E-state index contributed by atoms with van der Waals surface area (Å²) in [5.41, 5.74) is 3.32. The summed E-state index contributed by atoms with van der Waals surface area (Å²) in [6.45, 7) is 2.14. The number of imidazole rings is 1. The van der Waals surface area contributed by atoms with Crippen molar-refractivity contribution in [3.8, 4) is 11.3 Å². The average molecular weight is 249 g/mol. The van der Waals surface area contributed by atoms with Crippen LogP contribution in [0.15, 0.2) is 67.4 Å². The number of pyridine rings is 1. The van der Waals surface area contributed by atoms with Crippen LogP contribution in [0.3, 0.4) is 0 Å². The van der Waals surface area contributed by atoms with Gasteiger partial charge in [-0.15, -0.1) is 0 Å². The fourth-order valence-corrected chi connectivity index (χ4v) is 2.10. The quantitative estimate of drug-likeness (QED) is 0.710. The topological polar surface area (TPSA) is 30.7 Å². The summed E-state index contributed by atoms with van der Waals surface area (Å²) in [5.74, 6) is 0. The number of rotatable bonds is 3. The van der Waals surface area contributed by atoms with Crippen molar-refractivity contribution in [1.82, 2.24) is 14.5 Å². The zero-order valence-corrected chi connectivity index (χ0v) is 10.8. The lowest BCUT2D eigenvalue weighted by Gasteiger charge is -2.13. The third-order valence-corrected chi connectivity index (χ3v) is 3.31. The van der Waals surface area contributed by atoms with E-state index in [-0.39, 0.29) is 6.04 Å². The van der Waals surface area contributed by atoms with Crippen molar-refractivity contribution in [1.29, 1.82) is 0 Å². The number of hydrogen-bond acceptors (Lipinski definition) is 2. The van der Waals surface area contributed by atoms with E-state index in [2.05, 4.69) is 45.7 Å². The Kier molecular flexibility index (Phi) is 3.11. The van der Waals surface area contributed by atoms with Gasteiger partial charge in [0.25, 0.3) is 0 Å². The summed E-state index contributed by atoms with van der Waals surface area (Å²) in [6, 6.07) is 14.7. The van der Waals surface area contributed by atoms with E-state index >= 15 is 0 Å². The van der Waals surface area contributed by atoms with Gasteiger partial charge in [0.15, 0.2) is 0 Å². The van der Waals surface area contributed by atoms with Crippen LogP contribution in [0.25, 0.3) is 11.3 Å². The monoisotopic (exact) mass is 249 g/mol. The first-order valence-corrected chi connectivity index (χ1v) is 6.33. The van der Waals surface area contributed by atoms with E-state index in [4.69, 9.17) is 0 Å². The fourth-order valence-electron chi connectivity index (χ4n) is 2.10. The second kappa shape index (κ2) is 5.06. The molecule has 3 nitrogen and oxygen atoms in total. The van der Waals surface area contributed by atoms with Crippen molar-refractivity contribution in [2.75, 3.05) is 0 Å². The zero-order valence-electron chi connectivity index (χ0n) is 10.8. The van der Waals surface area contributed by atoms with Crippen LogP contribution in [0.5, 0.6) is 0 Å². The average Bonchev–Trinajstić information content (AvgIpc) is 3.02. The Balaban J connectivity index is 1.87. The van der Waals surface area contributed by atoms with Gasteiger partial charge in [-0.1, -0.05) is 36.4 Å². The molecule has 0 saturated heterocycles. The second-order valence-electron chi connectivity index (χ2n) is 4.53. The van der Waals surface area contributed by atoms with E-state index in [1.807, 2.05) is 36.9 Å². The number of aromatic nitrogens is 3. The van der Waals surface area contributed by atoms with Crippen LogP contribution < -0.4 is 0 Å². The van der Waals surface area contributed by atoms with Gasteiger partial charge < -0.3 is 4.57 Å². The summed E-state index contributed by atoms with van der Waals surface area (Å²) in [4.78, 5) is 8.62. The minimum Gasteiger partial charge on any atom is -0.330 e. The molecule has 2 aromatic heterocycles. The zero-order chi connectivity index (χ0) is 13.1. The van der Waals surface area contributed by atoms with Gasteiger partial charge in [0, 0.05) is 24.2 Å². The predicted octanol–water partition coefficient (Wildman–Crippen LogP) is 3.55. The highest BCUT2D eigenvalue weighted by molar-refractivity contribution is 5.58. The molecule has 1 aromatic carbocycles. The molecule has 3 rings (SSSR count). The Morgan fingerprint density at radius 1 is 1.05 bits per heavy atom. The normalized spacial score (nSPS) is 12.3.